The summed E-state index contributed by atoms with van der Waals surface area (Å²) >= 11 is 0.951. The third-order valence-electron chi connectivity index (χ3n) is 3.88. The summed E-state index contributed by atoms with van der Waals surface area (Å²) in [6, 6.07) is 18.8. The lowest BCUT2D eigenvalue weighted by molar-refractivity contribution is -0.137. The molecule has 0 bridgehead atoms. The quantitative estimate of drug-likeness (QED) is 0.603. The van der Waals surface area contributed by atoms with Crippen molar-refractivity contribution in [3.63, 3.8) is 0 Å². The normalized spacial score (nSPS) is 12.4. The summed E-state index contributed by atoms with van der Waals surface area (Å²) in [6.07, 6.45) is -4.46. The summed E-state index contributed by atoms with van der Waals surface area (Å²) < 4.78 is 36.9. The SMILES string of the molecule is CC(Sc1nnc(-c2ccccc2)c(-c2ccccc2)n1)C(=O)NCC(F)(F)F. The van der Waals surface area contributed by atoms with Gasteiger partial charge in [0.1, 0.15) is 17.9 Å². The minimum Gasteiger partial charge on any atom is -0.346 e. The number of hydrogen-bond donors (Lipinski definition) is 1. The third-order valence-corrected chi connectivity index (χ3v) is 4.83. The molecule has 0 spiro atoms. The van der Waals surface area contributed by atoms with Gasteiger partial charge in [0, 0.05) is 11.1 Å². The van der Waals surface area contributed by atoms with Crippen molar-refractivity contribution in [1.82, 2.24) is 20.5 Å². The molecular weight excluding hydrogens is 401 g/mol. The van der Waals surface area contributed by atoms with Crippen LogP contribution in [0.3, 0.4) is 0 Å². The van der Waals surface area contributed by atoms with Gasteiger partial charge in [-0.15, -0.1) is 10.2 Å². The van der Waals surface area contributed by atoms with Gasteiger partial charge >= 0.3 is 6.18 Å². The number of thioether (sulfide) groups is 1. The average molecular weight is 418 g/mol. The Balaban J connectivity index is 1.87. The number of aromatic nitrogens is 3. The smallest absolute Gasteiger partial charge is 0.346 e. The van der Waals surface area contributed by atoms with Gasteiger partial charge in [-0.1, -0.05) is 72.4 Å². The summed E-state index contributed by atoms with van der Waals surface area (Å²) in [7, 11) is 0. The Bertz CT molecular complexity index is 968. The highest BCUT2D eigenvalue weighted by molar-refractivity contribution is 8.00. The standard InChI is InChI=1S/C20H17F3N4OS/c1-13(18(28)24-12-20(21,22)23)29-19-25-16(14-8-4-2-5-9-14)17(26-27-19)15-10-6-3-7-11-15/h2-11,13H,12H2,1H3,(H,24,28). The molecule has 0 fully saturated rings. The Kier molecular flexibility index (Phi) is 6.48. The molecular formula is C20H17F3N4OS. The topological polar surface area (TPSA) is 67.8 Å². The predicted molar refractivity (Wildman–Crippen MR) is 105 cm³/mol. The lowest BCUT2D eigenvalue weighted by Gasteiger charge is -2.13. The first-order valence-electron chi connectivity index (χ1n) is 8.70. The zero-order valence-electron chi connectivity index (χ0n) is 15.3. The Morgan fingerprint density at radius 2 is 1.52 bits per heavy atom. The van der Waals surface area contributed by atoms with E-state index in [1.54, 1.807) is 0 Å². The van der Waals surface area contributed by atoms with Crippen LogP contribution in [0.5, 0.6) is 0 Å². The molecule has 0 saturated heterocycles. The van der Waals surface area contributed by atoms with Crippen LogP contribution in [-0.4, -0.2) is 39.1 Å². The molecule has 0 saturated carbocycles. The minimum absolute atomic E-state index is 0.207. The van der Waals surface area contributed by atoms with Crippen molar-refractivity contribution in [1.29, 1.82) is 0 Å². The maximum atomic E-state index is 12.3. The lowest BCUT2D eigenvalue weighted by Crippen LogP contribution is -2.38. The zero-order chi connectivity index (χ0) is 20.9. The zero-order valence-corrected chi connectivity index (χ0v) is 16.2. The third kappa shape index (κ3) is 5.77. The van der Waals surface area contributed by atoms with Crippen molar-refractivity contribution in [2.45, 2.75) is 23.5 Å². The van der Waals surface area contributed by atoms with E-state index in [0.717, 1.165) is 22.9 Å². The van der Waals surface area contributed by atoms with Crippen LogP contribution in [0.15, 0.2) is 65.8 Å². The van der Waals surface area contributed by atoms with Gasteiger partial charge in [-0.2, -0.15) is 13.2 Å². The van der Waals surface area contributed by atoms with E-state index in [9.17, 15) is 18.0 Å². The molecule has 1 aromatic heterocycles. The molecule has 5 nitrogen and oxygen atoms in total. The Hall–Kier alpha value is -2.94. The number of amides is 1. The van der Waals surface area contributed by atoms with Gasteiger partial charge in [0.15, 0.2) is 0 Å². The van der Waals surface area contributed by atoms with Crippen molar-refractivity contribution in [2.75, 3.05) is 6.54 Å². The molecule has 0 aliphatic heterocycles. The summed E-state index contributed by atoms with van der Waals surface area (Å²) in [4.78, 5) is 16.5. The van der Waals surface area contributed by atoms with E-state index in [1.807, 2.05) is 66.0 Å². The largest absolute Gasteiger partial charge is 0.405 e. The first-order chi connectivity index (χ1) is 13.8. The molecule has 150 valence electrons. The van der Waals surface area contributed by atoms with Crippen LogP contribution >= 0.6 is 11.8 Å². The molecule has 0 aliphatic rings. The van der Waals surface area contributed by atoms with Gasteiger partial charge < -0.3 is 5.32 Å². The van der Waals surface area contributed by atoms with Crippen LogP contribution in [0.2, 0.25) is 0 Å². The van der Waals surface area contributed by atoms with Gasteiger partial charge in [-0.3, -0.25) is 4.79 Å². The molecule has 1 N–H and O–H groups in total. The highest BCUT2D eigenvalue weighted by atomic mass is 32.2. The Morgan fingerprint density at radius 1 is 0.966 bits per heavy atom. The second-order valence-electron chi connectivity index (χ2n) is 6.12. The van der Waals surface area contributed by atoms with Crippen molar-refractivity contribution >= 4 is 17.7 Å². The summed E-state index contributed by atoms with van der Waals surface area (Å²) in [5, 5.41) is 9.61. The number of carbonyl (C=O) groups excluding carboxylic acids is 1. The predicted octanol–water partition coefficient (Wildman–Crippen LogP) is 4.36. The molecule has 1 unspecified atom stereocenters. The molecule has 1 heterocycles. The van der Waals surface area contributed by atoms with Gasteiger partial charge in [-0.05, 0) is 6.92 Å². The number of nitrogens with zero attached hydrogens (tertiary/aromatic N) is 3. The van der Waals surface area contributed by atoms with E-state index >= 15 is 0 Å². The van der Waals surface area contributed by atoms with E-state index in [0.29, 0.717) is 11.4 Å². The van der Waals surface area contributed by atoms with E-state index in [2.05, 4.69) is 15.2 Å². The first kappa shape index (κ1) is 20.8. The number of rotatable bonds is 6. The number of halogens is 3. The summed E-state index contributed by atoms with van der Waals surface area (Å²) in [6.45, 7) is 0.116. The van der Waals surface area contributed by atoms with Crippen LogP contribution < -0.4 is 5.32 Å². The molecule has 9 heteroatoms. The van der Waals surface area contributed by atoms with Gasteiger partial charge in [0.2, 0.25) is 11.1 Å². The molecule has 0 aliphatic carbocycles. The van der Waals surface area contributed by atoms with Gasteiger partial charge in [0.05, 0.1) is 5.25 Å². The van der Waals surface area contributed by atoms with E-state index < -0.39 is 23.9 Å². The maximum absolute atomic E-state index is 12.3. The number of carbonyl (C=O) groups is 1. The first-order valence-corrected chi connectivity index (χ1v) is 9.58. The van der Waals surface area contributed by atoms with Crippen molar-refractivity contribution < 1.29 is 18.0 Å². The molecule has 1 atom stereocenters. The van der Waals surface area contributed by atoms with Gasteiger partial charge in [0.25, 0.3) is 0 Å². The van der Waals surface area contributed by atoms with E-state index in [1.165, 1.54) is 6.92 Å². The molecule has 0 radical (unpaired) electrons. The van der Waals surface area contributed by atoms with E-state index in [4.69, 9.17) is 0 Å². The molecule has 1 amide bonds. The van der Waals surface area contributed by atoms with Crippen LogP contribution in [0, 0.1) is 0 Å². The Labute approximate surface area is 169 Å². The fraction of sp³-hybridized carbons (Fsp3) is 0.200. The number of alkyl halides is 3. The van der Waals surface area contributed by atoms with Crippen LogP contribution in [0.1, 0.15) is 6.92 Å². The number of nitrogens with one attached hydrogen (secondary N) is 1. The highest BCUT2D eigenvalue weighted by Crippen LogP contribution is 2.30. The second-order valence-corrected chi connectivity index (χ2v) is 7.42. The fourth-order valence-corrected chi connectivity index (χ4v) is 3.23. The van der Waals surface area contributed by atoms with Crippen LogP contribution in [0.4, 0.5) is 13.2 Å². The molecule has 3 aromatic rings. The van der Waals surface area contributed by atoms with E-state index in [-0.39, 0.29) is 5.16 Å². The molecule has 2 aromatic carbocycles. The highest BCUT2D eigenvalue weighted by Gasteiger charge is 2.29. The monoisotopic (exact) mass is 418 g/mol. The molecule has 29 heavy (non-hydrogen) atoms. The fourth-order valence-electron chi connectivity index (χ4n) is 2.49. The summed E-state index contributed by atoms with van der Waals surface area (Å²) in [5.41, 5.74) is 2.81. The maximum Gasteiger partial charge on any atom is 0.405 e. The Morgan fingerprint density at radius 3 is 2.07 bits per heavy atom. The van der Waals surface area contributed by atoms with Crippen molar-refractivity contribution in [2.24, 2.45) is 0 Å². The van der Waals surface area contributed by atoms with Crippen LogP contribution in [0.25, 0.3) is 22.5 Å². The number of benzene rings is 2. The second kappa shape index (κ2) is 9.04. The van der Waals surface area contributed by atoms with Gasteiger partial charge in [-0.25, -0.2) is 4.98 Å². The number of hydrogen-bond acceptors (Lipinski definition) is 5. The van der Waals surface area contributed by atoms with Crippen molar-refractivity contribution in [3.8, 4) is 22.5 Å². The minimum atomic E-state index is -4.46. The van der Waals surface area contributed by atoms with Crippen LogP contribution in [-0.2, 0) is 4.79 Å². The van der Waals surface area contributed by atoms with Crippen molar-refractivity contribution in [3.05, 3.63) is 60.7 Å². The average Bonchev–Trinajstić information content (AvgIpc) is 2.72. The molecule has 3 rings (SSSR count). The summed E-state index contributed by atoms with van der Waals surface area (Å²) in [5.74, 6) is -0.746. The lowest BCUT2D eigenvalue weighted by atomic mass is 10.0.